The minimum absolute atomic E-state index is 0.413. The minimum atomic E-state index is 0.413. The molecule has 0 saturated carbocycles. The SMILES string of the molecule is Cc1nccc([C@H]2CCCN2Cc2cn[nH]c2C)n1. The average Bonchev–Trinajstić information content (AvgIpc) is 3.00. The van der Waals surface area contributed by atoms with Crippen LogP contribution in [-0.4, -0.2) is 31.6 Å². The van der Waals surface area contributed by atoms with Gasteiger partial charge >= 0.3 is 0 Å². The minimum Gasteiger partial charge on any atom is -0.290 e. The second-order valence-electron chi connectivity index (χ2n) is 5.18. The fraction of sp³-hybridized carbons (Fsp3) is 0.500. The molecule has 0 unspecified atom stereocenters. The number of rotatable bonds is 3. The van der Waals surface area contributed by atoms with Gasteiger partial charge in [0.2, 0.25) is 0 Å². The molecule has 1 N–H and O–H groups in total. The van der Waals surface area contributed by atoms with Gasteiger partial charge in [0.1, 0.15) is 5.82 Å². The van der Waals surface area contributed by atoms with E-state index in [1.165, 1.54) is 18.4 Å². The number of aromatic amines is 1. The summed E-state index contributed by atoms with van der Waals surface area (Å²) in [4.78, 5) is 11.2. The predicted molar refractivity (Wildman–Crippen MR) is 72.5 cm³/mol. The first-order valence-corrected chi connectivity index (χ1v) is 6.76. The van der Waals surface area contributed by atoms with Crippen molar-refractivity contribution in [3.8, 4) is 0 Å². The number of aryl methyl sites for hydroxylation is 2. The molecule has 0 amide bonds. The number of hydrogen-bond acceptors (Lipinski definition) is 4. The van der Waals surface area contributed by atoms with E-state index in [4.69, 9.17) is 0 Å². The highest BCUT2D eigenvalue weighted by atomic mass is 15.2. The van der Waals surface area contributed by atoms with Crippen LogP contribution in [0.15, 0.2) is 18.5 Å². The molecule has 3 rings (SSSR count). The summed E-state index contributed by atoms with van der Waals surface area (Å²) in [5.41, 5.74) is 3.58. The summed E-state index contributed by atoms with van der Waals surface area (Å²) in [6.45, 7) is 6.08. The van der Waals surface area contributed by atoms with Gasteiger partial charge in [-0.25, -0.2) is 9.97 Å². The maximum Gasteiger partial charge on any atom is 0.125 e. The largest absolute Gasteiger partial charge is 0.290 e. The molecule has 1 atom stereocenters. The van der Waals surface area contributed by atoms with Crippen LogP contribution in [0.3, 0.4) is 0 Å². The van der Waals surface area contributed by atoms with E-state index < -0.39 is 0 Å². The van der Waals surface area contributed by atoms with Crippen molar-refractivity contribution < 1.29 is 0 Å². The van der Waals surface area contributed by atoms with Crippen molar-refractivity contribution in [1.29, 1.82) is 0 Å². The van der Waals surface area contributed by atoms with E-state index in [0.717, 1.165) is 30.3 Å². The summed E-state index contributed by atoms with van der Waals surface area (Å²) in [7, 11) is 0. The van der Waals surface area contributed by atoms with Crippen molar-refractivity contribution in [2.75, 3.05) is 6.54 Å². The highest BCUT2D eigenvalue weighted by Crippen LogP contribution is 2.32. The first kappa shape index (κ1) is 12.3. The molecule has 0 bridgehead atoms. The zero-order valence-corrected chi connectivity index (χ0v) is 11.4. The van der Waals surface area contributed by atoms with Crippen LogP contribution in [0.2, 0.25) is 0 Å². The van der Waals surface area contributed by atoms with E-state index in [1.807, 2.05) is 25.4 Å². The Morgan fingerprint density at radius 2 is 2.32 bits per heavy atom. The van der Waals surface area contributed by atoms with E-state index in [-0.39, 0.29) is 0 Å². The molecule has 1 saturated heterocycles. The molecule has 2 aromatic heterocycles. The first-order valence-electron chi connectivity index (χ1n) is 6.76. The Labute approximate surface area is 113 Å². The molecule has 1 fully saturated rings. The molecule has 100 valence electrons. The van der Waals surface area contributed by atoms with Gasteiger partial charge in [-0.15, -0.1) is 0 Å². The molecule has 5 heteroatoms. The van der Waals surface area contributed by atoms with Crippen LogP contribution in [-0.2, 0) is 6.54 Å². The van der Waals surface area contributed by atoms with Gasteiger partial charge in [-0.1, -0.05) is 0 Å². The fourth-order valence-corrected chi connectivity index (χ4v) is 2.76. The zero-order valence-electron chi connectivity index (χ0n) is 11.4. The van der Waals surface area contributed by atoms with Crippen molar-refractivity contribution in [2.24, 2.45) is 0 Å². The predicted octanol–water partition coefficient (Wildman–Crippen LogP) is 2.15. The monoisotopic (exact) mass is 257 g/mol. The molecule has 0 spiro atoms. The third-order valence-corrected chi connectivity index (χ3v) is 3.81. The summed E-state index contributed by atoms with van der Waals surface area (Å²) in [6, 6.07) is 2.45. The van der Waals surface area contributed by atoms with Crippen molar-refractivity contribution in [3.63, 3.8) is 0 Å². The van der Waals surface area contributed by atoms with E-state index in [2.05, 4.69) is 32.0 Å². The lowest BCUT2D eigenvalue weighted by molar-refractivity contribution is 0.243. The Hall–Kier alpha value is -1.75. The summed E-state index contributed by atoms with van der Waals surface area (Å²) < 4.78 is 0. The molecule has 0 radical (unpaired) electrons. The molecule has 0 aromatic carbocycles. The molecule has 1 aliphatic heterocycles. The molecule has 1 aliphatic rings. The van der Waals surface area contributed by atoms with E-state index >= 15 is 0 Å². The molecule has 5 nitrogen and oxygen atoms in total. The summed E-state index contributed by atoms with van der Waals surface area (Å²) in [5, 5.41) is 7.10. The second-order valence-corrected chi connectivity index (χ2v) is 5.18. The maximum atomic E-state index is 4.58. The number of H-pyrrole nitrogens is 1. The number of hydrogen-bond donors (Lipinski definition) is 1. The smallest absolute Gasteiger partial charge is 0.125 e. The van der Waals surface area contributed by atoms with E-state index in [0.29, 0.717) is 6.04 Å². The van der Waals surface area contributed by atoms with Crippen LogP contribution >= 0.6 is 0 Å². The van der Waals surface area contributed by atoms with Crippen LogP contribution in [0.5, 0.6) is 0 Å². The number of aromatic nitrogens is 4. The van der Waals surface area contributed by atoms with Gasteiger partial charge in [-0.3, -0.25) is 10.00 Å². The molecular weight excluding hydrogens is 238 g/mol. The van der Waals surface area contributed by atoms with Gasteiger partial charge in [0.25, 0.3) is 0 Å². The molecular formula is C14H19N5. The van der Waals surface area contributed by atoms with Gasteiger partial charge in [0.05, 0.1) is 17.9 Å². The highest BCUT2D eigenvalue weighted by Gasteiger charge is 2.27. The van der Waals surface area contributed by atoms with Crippen LogP contribution < -0.4 is 0 Å². The van der Waals surface area contributed by atoms with Crippen LogP contribution in [0.1, 0.15) is 41.7 Å². The van der Waals surface area contributed by atoms with Crippen LogP contribution in [0, 0.1) is 13.8 Å². The van der Waals surface area contributed by atoms with Crippen molar-refractivity contribution in [2.45, 2.75) is 39.3 Å². The lowest BCUT2D eigenvalue weighted by Crippen LogP contribution is -2.23. The third kappa shape index (κ3) is 2.51. The Morgan fingerprint density at radius 3 is 3.05 bits per heavy atom. The molecule has 0 aliphatic carbocycles. The normalized spacial score (nSPS) is 20.0. The third-order valence-electron chi connectivity index (χ3n) is 3.81. The average molecular weight is 257 g/mol. The van der Waals surface area contributed by atoms with E-state index in [1.54, 1.807) is 0 Å². The van der Waals surface area contributed by atoms with E-state index in [9.17, 15) is 0 Å². The standard InChI is InChI=1S/C14H19N5/c1-10-12(8-16-18-10)9-19-7-3-4-14(19)13-5-6-15-11(2)17-13/h5-6,8,14H,3-4,7,9H2,1-2H3,(H,16,18)/t14-/m1/s1. The van der Waals surface area contributed by atoms with Crippen LogP contribution in [0.25, 0.3) is 0 Å². The van der Waals surface area contributed by atoms with Crippen molar-refractivity contribution >= 4 is 0 Å². The lowest BCUT2D eigenvalue weighted by Gasteiger charge is -2.23. The summed E-state index contributed by atoms with van der Waals surface area (Å²) in [6.07, 6.45) is 6.19. The summed E-state index contributed by atoms with van der Waals surface area (Å²) in [5.74, 6) is 0.851. The fourth-order valence-electron chi connectivity index (χ4n) is 2.76. The number of nitrogens with zero attached hydrogens (tertiary/aromatic N) is 4. The maximum absolute atomic E-state index is 4.58. The van der Waals surface area contributed by atoms with Gasteiger partial charge < -0.3 is 0 Å². The number of nitrogens with one attached hydrogen (secondary N) is 1. The Morgan fingerprint density at radius 1 is 1.42 bits per heavy atom. The lowest BCUT2D eigenvalue weighted by atomic mass is 10.1. The van der Waals surface area contributed by atoms with Gasteiger partial charge in [0.15, 0.2) is 0 Å². The topological polar surface area (TPSA) is 57.7 Å². The van der Waals surface area contributed by atoms with Gasteiger partial charge in [-0.05, 0) is 39.3 Å². The Kier molecular flexibility index (Phi) is 3.29. The quantitative estimate of drug-likeness (QED) is 0.915. The van der Waals surface area contributed by atoms with Gasteiger partial charge in [-0.2, -0.15) is 5.10 Å². The number of likely N-dealkylation sites (tertiary alicyclic amines) is 1. The molecule has 3 heterocycles. The molecule has 19 heavy (non-hydrogen) atoms. The van der Waals surface area contributed by atoms with Crippen molar-refractivity contribution in [3.05, 3.63) is 41.2 Å². The van der Waals surface area contributed by atoms with Gasteiger partial charge in [0, 0.05) is 24.0 Å². The van der Waals surface area contributed by atoms with Crippen LogP contribution in [0.4, 0.5) is 0 Å². The Balaban J connectivity index is 1.80. The Bertz CT molecular complexity index is 562. The molecule has 2 aromatic rings. The summed E-state index contributed by atoms with van der Waals surface area (Å²) >= 11 is 0. The first-order chi connectivity index (χ1) is 9.24. The highest BCUT2D eigenvalue weighted by molar-refractivity contribution is 5.16. The second kappa shape index (κ2) is 5.09. The van der Waals surface area contributed by atoms with Crippen molar-refractivity contribution in [1.82, 2.24) is 25.1 Å². The zero-order chi connectivity index (χ0) is 13.2.